The van der Waals surface area contributed by atoms with Gasteiger partial charge in [-0.05, 0) is 19.8 Å². The fourth-order valence-corrected chi connectivity index (χ4v) is 3.28. The van der Waals surface area contributed by atoms with E-state index in [1.54, 1.807) is 6.92 Å². The number of rotatable bonds is 2. The molecule has 0 amide bonds. The minimum Gasteiger partial charge on any atom is -0.348 e. The van der Waals surface area contributed by atoms with Gasteiger partial charge in [-0.25, -0.2) is 9.78 Å². The summed E-state index contributed by atoms with van der Waals surface area (Å²) in [6.45, 7) is 4.12. The number of thiazole rings is 1. The van der Waals surface area contributed by atoms with E-state index in [1.165, 1.54) is 15.9 Å². The van der Waals surface area contributed by atoms with Crippen LogP contribution in [0.2, 0.25) is 0 Å². The van der Waals surface area contributed by atoms with Gasteiger partial charge in [0.2, 0.25) is 0 Å². The summed E-state index contributed by atoms with van der Waals surface area (Å²) in [5.74, 6) is 0. The Hall–Kier alpha value is -1.63. The van der Waals surface area contributed by atoms with Crippen molar-refractivity contribution in [3.8, 4) is 0 Å². The van der Waals surface area contributed by atoms with Crippen molar-refractivity contribution in [1.82, 2.24) is 14.5 Å². The fraction of sp³-hybridized carbons (Fsp3) is 0.545. The molecule has 2 aromatic heterocycles. The molecule has 1 N–H and O–H groups in total. The highest BCUT2D eigenvalue weighted by Crippen LogP contribution is 2.27. The third kappa shape index (κ3) is 1.66. The van der Waals surface area contributed by atoms with E-state index in [0.717, 1.165) is 31.1 Å². The second-order valence-electron chi connectivity index (χ2n) is 4.35. The average Bonchev–Trinajstić information content (AvgIpc) is 2.96. The van der Waals surface area contributed by atoms with Gasteiger partial charge in [0, 0.05) is 19.6 Å². The zero-order valence-corrected chi connectivity index (χ0v) is 10.9. The van der Waals surface area contributed by atoms with Crippen LogP contribution >= 0.6 is 11.3 Å². The number of H-pyrrole nitrogens is 1. The van der Waals surface area contributed by atoms with Gasteiger partial charge in [0.1, 0.15) is 4.70 Å². The van der Waals surface area contributed by atoms with Crippen molar-refractivity contribution in [3.63, 3.8) is 0 Å². The Labute approximate surface area is 107 Å². The van der Waals surface area contributed by atoms with Crippen LogP contribution in [0.15, 0.2) is 9.59 Å². The van der Waals surface area contributed by atoms with E-state index in [4.69, 9.17) is 0 Å². The SMILES string of the molecule is CCn1c(=O)[nH]c2nc(N3CCCC3)sc2c1=O. The molecule has 1 fully saturated rings. The Morgan fingerprint density at radius 3 is 2.72 bits per heavy atom. The van der Waals surface area contributed by atoms with Crippen LogP contribution in [0.3, 0.4) is 0 Å². The average molecular weight is 266 g/mol. The van der Waals surface area contributed by atoms with Crippen LogP contribution in [0.4, 0.5) is 5.13 Å². The summed E-state index contributed by atoms with van der Waals surface area (Å²) in [5, 5.41) is 0.837. The normalized spacial score (nSPS) is 15.7. The van der Waals surface area contributed by atoms with Crippen molar-refractivity contribution >= 4 is 26.8 Å². The molecule has 0 radical (unpaired) electrons. The Kier molecular flexibility index (Phi) is 2.70. The second-order valence-corrected chi connectivity index (χ2v) is 5.33. The lowest BCUT2D eigenvalue weighted by Crippen LogP contribution is -2.33. The van der Waals surface area contributed by atoms with Gasteiger partial charge in [-0.2, -0.15) is 0 Å². The van der Waals surface area contributed by atoms with Crippen molar-refractivity contribution in [3.05, 3.63) is 20.8 Å². The summed E-state index contributed by atoms with van der Waals surface area (Å²) >= 11 is 1.37. The summed E-state index contributed by atoms with van der Waals surface area (Å²) in [6.07, 6.45) is 2.32. The molecule has 96 valence electrons. The number of aromatic amines is 1. The summed E-state index contributed by atoms with van der Waals surface area (Å²) < 4.78 is 1.74. The monoisotopic (exact) mass is 266 g/mol. The minimum absolute atomic E-state index is 0.237. The molecule has 18 heavy (non-hydrogen) atoms. The zero-order chi connectivity index (χ0) is 12.7. The maximum atomic E-state index is 12.1. The number of hydrogen-bond donors (Lipinski definition) is 1. The second kappa shape index (κ2) is 4.24. The van der Waals surface area contributed by atoms with Gasteiger partial charge in [0.25, 0.3) is 5.56 Å². The van der Waals surface area contributed by atoms with Crippen molar-refractivity contribution in [2.45, 2.75) is 26.3 Å². The number of aromatic nitrogens is 3. The largest absolute Gasteiger partial charge is 0.348 e. The lowest BCUT2D eigenvalue weighted by atomic mass is 10.4. The number of anilines is 1. The number of fused-ring (bicyclic) bond motifs is 1. The molecule has 3 heterocycles. The van der Waals surface area contributed by atoms with Gasteiger partial charge in [-0.1, -0.05) is 11.3 Å². The maximum Gasteiger partial charge on any atom is 0.330 e. The van der Waals surface area contributed by atoms with Crippen LogP contribution in [-0.2, 0) is 6.54 Å². The van der Waals surface area contributed by atoms with E-state index in [9.17, 15) is 9.59 Å². The summed E-state index contributed by atoms with van der Waals surface area (Å²) in [5.41, 5.74) is -0.200. The molecule has 1 saturated heterocycles. The molecular weight excluding hydrogens is 252 g/mol. The maximum absolute atomic E-state index is 12.1. The Bertz CT molecular complexity index is 693. The summed E-state index contributed by atoms with van der Waals surface area (Å²) in [4.78, 5) is 33.0. The van der Waals surface area contributed by atoms with Gasteiger partial charge >= 0.3 is 5.69 Å². The third-order valence-electron chi connectivity index (χ3n) is 3.22. The molecule has 0 aliphatic carbocycles. The fourth-order valence-electron chi connectivity index (χ4n) is 2.25. The third-order valence-corrected chi connectivity index (χ3v) is 4.32. The lowest BCUT2D eigenvalue weighted by molar-refractivity contribution is 0.684. The van der Waals surface area contributed by atoms with Crippen LogP contribution in [0.25, 0.3) is 10.3 Å². The molecule has 0 atom stereocenters. The first-order chi connectivity index (χ1) is 8.70. The van der Waals surface area contributed by atoms with E-state index in [1.807, 2.05) is 0 Å². The van der Waals surface area contributed by atoms with Crippen LogP contribution < -0.4 is 16.1 Å². The Morgan fingerprint density at radius 1 is 1.33 bits per heavy atom. The van der Waals surface area contributed by atoms with E-state index in [2.05, 4.69) is 14.9 Å². The highest BCUT2D eigenvalue weighted by molar-refractivity contribution is 7.22. The van der Waals surface area contributed by atoms with E-state index >= 15 is 0 Å². The van der Waals surface area contributed by atoms with Crippen LogP contribution in [0, 0.1) is 0 Å². The molecule has 1 aliphatic heterocycles. The molecule has 0 saturated carbocycles. The topological polar surface area (TPSA) is 71.0 Å². The molecule has 0 spiro atoms. The number of hydrogen-bond acceptors (Lipinski definition) is 5. The number of nitrogens with one attached hydrogen (secondary N) is 1. The molecule has 7 heteroatoms. The molecule has 6 nitrogen and oxygen atoms in total. The van der Waals surface area contributed by atoms with E-state index in [0.29, 0.717) is 16.9 Å². The molecular formula is C11H14N4O2S. The van der Waals surface area contributed by atoms with Crippen molar-refractivity contribution in [1.29, 1.82) is 0 Å². The highest BCUT2D eigenvalue weighted by Gasteiger charge is 2.18. The molecule has 1 aliphatic rings. The van der Waals surface area contributed by atoms with E-state index < -0.39 is 0 Å². The van der Waals surface area contributed by atoms with Crippen LogP contribution in [0.1, 0.15) is 19.8 Å². The molecule has 0 bridgehead atoms. The quantitative estimate of drug-likeness (QED) is 0.871. The molecule has 3 rings (SSSR count). The zero-order valence-electron chi connectivity index (χ0n) is 10.1. The molecule has 0 aromatic carbocycles. The van der Waals surface area contributed by atoms with Gasteiger partial charge in [-0.3, -0.25) is 14.3 Å². The van der Waals surface area contributed by atoms with Crippen molar-refractivity contribution in [2.24, 2.45) is 0 Å². The lowest BCUT2D eigenvalue weighted by Gasteiger charge is -2.11. The first kappa shape index (κ1) is 11.5. The van der Waals surface area contributed by atoms with Crippen molar-refractivity contribution < 1.29 is 0 Å². The van der Waals surface area contributed by atoms with Gasteiger partial charge in [0.05, 0.1) is 0 Å². The molecule has 0 unspecified atom stereocenters. The minimum atomic E-state index is -0.381. The molecule has 2 aromatic rings. The summed E-state index contributed by atoms with van der Waals surface area (Å²) in [6, 6.07) is 0. The Balaban J connectivity index is 2.20. The van der Waals surface area contributed by atoms with E-state index in [-0.39, 0.29) is 11.2 Å². The first-order valence-electron chi connectivity index (χ1n) is 6.09. The number of nitrogens with zero attached hydrogens (tertiary/aromatic N) is 3. The Morgan fingerprint density at radius 2 is 2.06 bits per heavy atom. The van der Waals surface area contributed by atoms with Gasteiger partial charge in [-0.15, -0.1) is 0 Å². The van der Waals surface area contributed by atoms with Gasteiger partial charge in [0.15, 0.2) is 10.8 Å². The predicted molar refractivity (Wildman–Crippen MR) is 71.6 cm³/mol. The summed E-state index contributed by atoms with van der Waals surface area (Å²) in [7, 11) is 0. The standard InChI is InChI=1S/C11H14N4O2S/c1-2-15-9(16)7-8(12-10(15)17)13-11(18-7)14-5-3-4-6-14/h2-6H2,1H3,(H,12,17). The van der Waals surface area contributed by atoms with Crippen LogP contribution in [0.5, 0.6) is 0 Å². The smallest absolute Gasteiger partial charge is 0.330 e. The van der Waals surface area contributed by atoms with Crippen LogP contribution in [-0.4, -0.2) is 27.6 Å². The van der Waals surface area contributed by atoms with Gasteiger partial charge < -0.3 is 4.90 Å². The predicted octanol–water partition coefficient (Wildman–Crippen LogP) is 0.766. The highest BCUT2D eigenvalue weighted by atomic mass is 32.1. The first-order valence-corrected chi connectivity index (χ1v) is 6.91. The van der Waals surface area contributed by atoms with Crippen molar-refractivity contribution in [2.75, 3.05) is 18.0 Å².